The van der Waals surface area contributed by atoms with E-state index in [2.05, 4.69) is 4.74 Å². The van der Waals surface area contributed by atoms with Gasteiger partial charge in [0.15, 0.2) is 37.2 Å². The molecule has 3 aromatic heterocycles. The maximum absolute atomic E-state index is 11.8. The van der Waals surface area contributed by atoms with Gasteiger partial charge in [0.25, 0.3) is 0 Å². The Hall–Kier alpha value is -1.79. The van der Waals surface area contributed by atoms with E-state index in [0.29, 0.717) is 16.7 Å². The average Bonchev–Trinajstić information content (AvgIpc) is 2.80. The maximum Gasteiger partial charge on any atom is 0.352 e. The van der Waals surface area contributed by atoms with Crippen LogP contribution in [0.15, 0.2) is 73.6 Å². The summed E-state index contributed by atoms with van der Waals surface area (Å²) >= 11 is 0. The molecule has 9 nitrogen and oxygen atoms in total. The summed E-state index contributed by atoms with van der Waals surface area (Å²) in [5.74, 6) is -1.62. The molecule has 0 aliphatic rings. The van der Waals surface area contributed by atoms with Crippen molar-refractivity contribution in [2.24, 2.45) is 21.1 Å². The van der Waals surface area contributed by atoms with Gasteiger partial charge in [-0.2, -0.15) is 0 Å². The summed E-state index contributed by atoms with van der Waals surface area (Å²) in [5, 5.41) is 7.00. The van der Waals surface area contributed by atoms with Crippen LogP contribution >= 0.6 is 0 Å². The van der Waals surface area contributed by atoms with E-state index in [4.69, 9.17) is 9.84 Å². The number of methoxy groups -OCH3 is 1. The minimum Gasteiger partial charge on any atom is -1.00 e. The van der Waals surface area contributed by atoms with Crippen molar-refractivity contribution in [2.75, 3.05) is 14.2 Å². The van der Waals surface area contributed by atoms with Gasteiger partial charge in [0.05, 0.1) is 7.11 Å². The van der Waals surface area contributed by atoms with Crippen LogP contribution in [0.3, 0.4) is 0 Å². The molecule has 0 saturated heterocycles. The number of aliphatic hydroxyl groups is 1. The smallest absolute Gasteiger partial charge is 0.352 e. The molecular weight excluding hydrogens is 795 g/mol. The number of carbonyl (C=O) groups is 3. The van der Waals surface area contributed by atoms with E-state index in [9.17, 15) is 14.4 Å². The van der Waals surface area contributed by atoms with E-state index >= 15 is 0 Å². The van der Waals surface area contributed by atoms with Crippen LogP contribution in [0.1, 0.15) is 31.1 Å². The molecule has 35 heavy (non-hydrogen) atoms. The third kappa shape index (κ3) is 13.8. The van der Waals surface area contributed by atoms with Crippen LogP contribution < -0.4 is 85.6 Å². The lowest BCUT2D eigenvalue weighted by Gasteiger charge is -2.01. The minimum atomic E-state index is -0.660. The number of aromatic nitrogens is 3. The second kappa shape index (κ2) is 20.4. The zero-order valence-corrected chi connectivity index (χ0v) is 26.4. The normalized spacial score (nSPS) is 8.51. The second-order valence-electron chi connectivity index (χ2n) is 6.44. The van der Waals surface area contributed by atoms with Crippen molar-refractivity contribution < 1.29 is 115 Å². The Bertz CT molecular complexity index is 1030. The SMILES string of the molecule is CO.COC(=O)c1ccc[n+](C)c1.C[n+]1cccc(C(=O)OC(=O)c2ccc[n+](C)c2)c1.[I-].[I-].[I-]. The first kappa shape index (κ1) is 37.8. The summed E-state index contributed by atoms with van der Waals surface area (Å²) in [5.41, 5.74) is 1.23. The predicted octanol–water partition coefficient (Wildman–Crippen LogP) is -8.75. The van der Waals surface area contributed by atoms with Crippen LogP contribution in [-0.4, -0.2) is 37.2 Å². The first-order chi connectivity index (χ1) is 15.3. The van der Waals surface area contributed by atoms with Crippen LogP contribution in [0.25, 0.3) is 0 Å². The summed E-state index contributed by atoms with van der Waals surface area (Å²) in [4.78, 5) is 34.5. The van der Waals surface area contributed by atoms with E-state index < -0.39 is 11.9 Å². The Labute approximate surface area is 256 Å². The van der Waals surface area contributed by atoms with Gasteiger partial charge in [0.2, 0.25) is 0 Å². The Balaban J connectivity index is -0.000000556. The second-order valence-corrected chi connectivity index (χ2v) is 6.44. The number of pyridine rings is 3. The van der Waals surface area contributed by atoms with Crippen LogP contribution in [0.4, 0.5) is 0 Å². The van der Waals surface area contributed by atoms with Crippen LogP contribution in [0.2, 0.25) is 0 Å². The molecule has 0 aliphatic heterocycles. The highest BCUT2D eigenvalue weighted by Crippen LogP contribution is 2.03. The molecule has 3 rings (SSSR count). The number of esters is 3. The summed E-state index contributed by atoms with van der Waals surface area (Å²) in [7, 11) is 7.80. The molecule has 0 bridgehead atoms. The van der Waals surface area contributed by atoms with Crippen molar-refractivity contribution in [3.63, 3.8) is 0 Å². The van der Waals surface area contributed by atoms with E-state index in [1.54, 1.807) is 95.2 Å². The molecule has 0 aromatic carbocycles. The molecule has 0 saturated carbocycles. The predicted molar refractivity (Wildman–Crippen MR) is 112 cm³/mol. The van der Waals surface area contributed by atoms with Crippen LogP contribution in [-0.2, 0) is 30.6 Å². The quantitative estimate of drug-likeness (QED) is 0.122. The number of hydrogen-bond donors (Lipinski definition) is 1. The van der Waals surface area contributed by atoms with Crippen molar-refractivity contribution >= 4 is 17.9 Å². The number of aryl methyl sites for hydroxylation is 3. The Morgan fingerprint density at radius 2 is 0.914 bits per heavy atom. The zero-order valence-electron chi connectivity index (χ0n) is 19.9. The summed E-state index contributed by atoms with van der Waals surface area (Å²) in [6, 6.07) is 10.1. The first-order valence-corrected chi connectivity index (χ1v) is 9.45. The van der Waals surface area contributed by atoms with Gasteiger partial charge in [-0.15, -0.1) is 0 Å². The highest BCUT2D eigenvalue weighted by Gasteiger charge is 2.18. The van der Waals surface area contributed by atoms with Gasteiger partial charge in [0, 0.05) is 25.3 Å². The minimum absolute atomic E-state index is 0. The van der Waals surface area contributed by atoms with Crippen LogP contribution in [0.5, 0.6) is 0 Å². The fraction of sp³-hybridized carbons (Fsp3) is 0.217. The Morgan fingerprint density at radius 1 is 0.629 bits per heavy atom. The number of rotatable bonds is 3. The van der Waals surface area contributed by atoms with Gasteiger partial charge in [0.1, 0.15) is 37.8 Å². The van der Waals surface area contributed by atoms with Gasteiger partial charge in [-0.05, 0) is 18.2 Å². The largest absolute Gasteiger partial charge is 1.00 e. The van der Waals surface area contributed by atoms with E-state index in [0.717, 1.165) is 7.11 Å². The molecule has 1 N–H and O–H groups in total. The zero-order chi connectivity index (χ0) is 24.1. The maximum atomic E-state index is 11.8. The van der Waals surface area contributed by atoms with E-state index in [-0.39, 0.29) is 77.9 Å². The molecule has 0 aliphatic carbocycles. The first-order valence-electron chi connectivity index (χ1n) is 9.45. The van der Waals surface area contributed by atoms with Gasteiger partial charge in [-0.3, -0.25) is 0 Å². The van der Waals surface area contributed by atoms with Gasteiger partial charge < -0.3 is 86.5 Å². The molecule has 0 fully saturated rings. The fourth-order valence-corrected chi connectivity index (χ4v) is 2.45. The lowest BCUT2D eigenvalue weighted by atomic mass is 10.2. The van der Waals surface area contributed by atoms with E-state index in [1.807, 2.05) is 13.2 Å². The molecule has 0 unspecified atom stereocenters. The number of ether oxygens (including phenoxy) is 2. The lowest BCUT2D eigenvalue weighted by molar-refractivity contribution is -0.671. The third-order valence-corrected chi connectivity index (χ3v) is 3.90. The van der Waals surface area contributed by atoms with Gasteiger partial charge in [-0.1, -0.05) is 0 Å². The van der Waals surface area contributed by atoms with Gasteiger partial charge in [-0.25, -0.2) is 28.1 Å². The average molecular weight is 823 g/mol. The summed E-state index contributed by atoms with van der Waals surface area (Å²) in [6.45, 7) is 0. The fourth-order valence-electron chi connectivity index (χ4n) is 2.45. The molecule has 0 radical (unpaired) electrons. The Morgan fingerprint density at radius 3 is 1.17 bits per heavy atom. The van der Waals surface area contributed by atoms with Crippen LogP contribution in [0, 0.1) is 0 Å². The topological polar surface area (TPSA) is 102 Å². The highest BCUT2D eigenvalue weighted by atomic mass is 127. The Kier molecular flexibility index (Phi) is 22.0. The highest BCUT2D eigenvalue weighted by molar-refractivity contribution is 6.02. The third-order valence-electron chi connectivity index (χ3n) is 3.90. The lowest BCUT2D eigenvalue weighted by Crippen LogP contribution is -3.00. The number of carbonyl (C=O) groups excluding carboxylic acids is 3. The number of halogens is 3. The van der Waals surface area contributed by atoms with Crippen molar-refractivity contribution in [1.29, 1.82) is 0 Å². The van der Waals surface area contributed by atoms with Crippen molar-refractivity contribution in [2.45, 2.75) is 0 Å². The molecule has 3 heterocycles. The number of nitrogens with zero attached hydrogens (tertiary/aromatic N) is 3. The molecule has 0 atom stereocenters. The molecule has 0 amide bonds. The van der Waals surface area contributed by atoms with E-state index in [1.165, 1.54) is 7.11 Å². The molecule has 0 spiro atoms. The summed E-state index contributed by atoms with van der Waals surface area (Å²) < 4.78 is 14.6. The van der Waals surface area contributed by atoms with Crippen molar-refractivity contribution in [3.8, 4) is 0 Å². The number of aliphatic hydroxyl groups excluding tert-OH is 1. The molecular formula is C23H28I3N3O6. The number of hydrogen-bond acceptors (Lipinski definition) is 6. The van der Waals surface area contributed by atoms with Gasteiger partial charge >= 0.3 is 17.9 Å². The molecule has 192 valence electrons. The standard InChI is InChI=1S/C14H14N2O3.C8H10NO2.CH4O.3HI/c1-15-7-3-5-11(9-15)13(17)19-14(18)12-6-4-8-16(2)10-12;1-9-5-3-4-7(6-9)8(10)11-2;1-2;;;/h3-10H,1-2H3;3-6H,1-2H3;2H,1H3;3*1H/q+2;+1;;;;/p-3. The molecule has 3 aromatic rings. The summed E-state index contributed by atoms with van der Waals surface area (Å²) in [6.07, 6.45) is 10.3. The molecule has 12 heteroatoms. The monoisotopic (exact) mass is 823 g/mol. The van der Waals surface area contributed by atoms with Crippen molar-refractivity contribution in [1.82, 2.24) is 0 Å². The van der Waals surface area contributed by atoms with Crippen molar-refractivity contribution in [3.05, 3.63) is 90.3 Å².